The molecule has 2 aliphatic rings. The molecule has 1 fully saturated rings. The van der Waals surface area contributed by atoms with Crippen LogP contribution in [0.5, 0.6) is 0 Å². The summed E-state index contributed by atoms with van der Waals surface area (Å²) in [4.78, 5) is 40.5. The third-order valence-electron chi connectivity index (χ3n) is 7.78. The number of carbonyl (C=O) groups is 3. The highest BCUT2D eigenvalue weighted by Gasteiger charge is 2.37. The van der Waals surface area contributed by atoms with Crippen LogP contribution in [0.2, 0.25) is 0 Å². The molecule has 1 atom stereocenters. The number of rotatable bonds is 2. The van der Waals surface area contributed by atoms with Crippen LogP contribution < -0.4 is 5.32 Å². The third-order valence-corrected chi connectivity index (χ3v) is 8.89. The Morgan fingerprint density at radius 3 is 2.52 bits per heavy atom. The van der Waals surface area contributed by atoms with Crippen LogP contribution in [0.25, 0.3) is 32.1 Å². The minimum atomic E-state index is -1.11. The van der Waals surface area contributed by atoms with Gasteiger partial charge in [-0.2, -0.15) is 5.26 Å². The number of thiophene rings is 1. The lowest BCUT2D eigenvalue weighted by molar-refractivity contribution is 0.0419. The van der Waals surface area contributed by atoms with Crippen LogP contribution in [-0.2, 0) is 11.3 Å². The molecule has 0 spiro atoms. The fourth-order valence-corrected chi connectivity index (χ4v) is 7.06. The van der Waals surface area contributed by atoms with E-state index in [4.69, 9.17) is 4.74 Å². The maximum atomic E-state index is 16.2. The Kier molecular flexibility index (Phi) is 6.96. The normalized spacial score (nSPS) is 16.8. The lowest BCUT2D eigenvalue weighted by atomic mass is 9.93. The average molecular weight is 626 g/mol. The summed E-state index contributed by atoms with van der Waals surface area (Å²) in [5, 5.41) is 21.8. The van der Waals surface area contributed by atoms with Gasteiger partial charge in [0.25, 0.3) is 5.91 Å². The smallest absolute Gasteiger partial charge is 0.412 e. The lowest BCUT2D eigenvalue weighted by Crippen LogP contribution is -2.57. The molecule has 10 nitrogen and oxygen atoms in total. The molecule has 2 aromatic carbocycles. The van der Waals surface area contributed by atoms with Gasteiger partial charge < -0.3 is 24.2 Å². The minimum absolute atomic E-state index is 0.00889. The number of amides is 3. The van der Waals surface area contributed by atoms with E-state index >= 15 is 13.2 Å². The second-order valence-corrected chi connectivity index (χ2v) is 12.7. The fraction of sp³-hybridized carbons (Fsp3) is 0.333. The highest BCUT2D eigenvalue weighted by Crippen LogP contribution is 2.46. The van der Waals surface area contributed by atoms with Crippen molar-refractivity contribution >= 4 is 55.4 Å². The SMILES string of the molecule is CC(C)(C)OC(=O)Nc1sc2c(F)ccc(-c3c(F)cc4c5c3c(F)cn5CCC3CN(C(=O)O)CCN3C4=O)c2c1C#N. The van der Waals surface area contributed by atoms with Gasteiger partial charge in [-0.15, -0.1) is 11.3 Å². The number of anilines is 1. The first-order valence-electron chi connectivity index (χ1n) is 13.7. The van der Waals surface area contributed by atoms with Crippen molar-refractivity contribution < 1.29 is 37.4 Å². The molecule has 0 saturated carbocycles. The zero-order chi connectivity index (χ0) is 31.7. The Hall–Kier alpha value is -4.77. The average Bonchev–Trinajstić information content (AvgIpc) is 3.47. The number of nitriles is 1. The lowest BCUT2D eigenvalue weighted by Gasteiger charge is -2.41. The van der Waals surface area contributed by atoms with E-state index < -0.39 is 47.2 Å². The number of fused-ring (bicyclic) bond motifs is 2. The first kappa shape index (κ1) is 29.3. The zero-order valence-corrected chi connectivity index (χ0v) is 24.6. The number of nitrogens with one attached hydrogen (secondary N) is 1. The molecule has 0 bridgehead atoms. The number of aromatic nitrogens is 1. The fourth-order valence-electron chi connectivity index (χ4n) is 6.00. The van der Waals surface area contributed by atoms with Crippen molar-refractivity contribution in [3.05, 3.63) is 53.0 Å². The molecule has 1 saturated heterocycles. The molecule has 4 aromatic rings. The molecular weight excluding hydrogens is 599 g/mol. The summed E-state index contributed by atoms with van der Waals surface area (Å²) >= 11 is 0.761. The van der Waals surface area contributed by atoms with Crippen molar-refractivity contribution in [2.45, 2.75) is 45.4 Å². The summed E-state index contributed by atoms with van der Waals surface area (Å²) in [5.74, 6) is -3.09. The van der Waals surface area contributed by atoms with Crippen molar-refractivity contribution in [2.24, 2.45) is 0 Å². The highest BCUT2D eigenvalue weighted by molar-refractivity contribution is 7.23. The monoisotopic (exact) mass is 625 g/mol. The number of halogens is 3. The molecule has 3 amide bonds. The van der Waals surface area contributed by atoms with Crippen LogP contribution in [0.15, 0.2) is 24.4 Å². The third kappa shape index (κ3) is 4.77. The number of piperazine rings is 1. The first-order valence-corrected chi connectivity index (χ1v) is 14.6. The summed E-state index contributed by atoms with van der Waals surface area (Å²) < 4.78 is 53.9. The molecule has 0 radical (unpaired) electrons. The Morgan fingerprint density at radius 1 is 1.09 bits per heavy atom. The van der Waals surface area contributed by atoms with Crippen LogP contribution in [0, 0.1) is 28.8 Å². The molecule has 1 unspecified atom stereocenters. The van der Waals surface area contributed by atoms with Gasteiger partial charge in [0.1, 0.15) is 34.1 Å². The molecule has 228 valence electrons. The standard InChI is InChI=1S/C30H26F3N5O5S/c1-30(2,3)43-28(40)35-26-17(11-34)21-15(4-5-18(31)25(21)44-26)22-19(32)10-16-24-23(22)20(33)13-36(24)7-6-14-12-37(29(41)42)8-9-38(14)27(16)39/h4-5,10,13-14H,6-9,12H2,1-3H3,(H,35,40)(H,41,42). The van der Waals surface area contributed by atoms with Gasteiger partial charge in [0.05, 0.1) is 27.4 Å². The molecule has 6 rings (SSSR count). The number of nitrogens with zero attached hydrogens (tertiary/aromatic N) is 4. The van der Waals surface area contributed by atoms with Gasteiger partial charge in [-0.05, 0) is 44.9 Å². The quantitative estimate of drug-likeness (QED) is 0.267. The molecule has 0 aliphatic carbocycles. The number of aryl methyl sites for hydroxylation is 1. The Bertz CT molecular complexity index is 1940. The maximum Gasteiger partial charge on any atom is 0.412 e. The van der Waals surface area contributed by atoms with E-state index in [0.717, 1.165) is 29.7 Å². The van der Waals surface area contributed by atoms with Crippen molar-refractivity contribution in [1.29, 1.82) is 5.26 Å². The zero-order valence-electron chi connectivity index (χ0n) is 23.8. The van der Waals surface area contributed by atoms with Crippen LogP contribution in [0.4, 0.5) is 27.8 Å². The van der Waals surface area contributed by atoms with E-state index in [-0.39, 0.29) is 74.4 Å². The number of hydrogen-bond donors (Lipinski definition) is 2. The summed E-state index contributed by atoms with van der Waals surface area (Å²) in [7, 11) is 0. The van der Waals surface area contributed by atoms with Crippen LogP contribution in [0.1, 0.15) is 43.1 Å². The molecule has 2 aliphatic heterocycles. The predicted octanol–water partition coefficient (Wildman–Crippen LogP) is 6.37. The van der Waals surface area contributed by atoms with E-state index in [0.29, 0.717) is 6.42 Å². The van der Waals surface area contributed by atoms with Crippen molar-refractivity contribution in [3.8, 4) is 17.2 Å². The number of carboxylic acid groups (broad SMARTS) is 1. The van der Waals surface area contributed by atoms with E-state index in [9.17, 15) is 24.8 Å². The van der Waals surface area contributed by atoms with Gasteiger partial charge >= 0.3 is 12.2 Å². The van der Waals surface area contributed by atoms with Gasteiger partial charge in [-0.1, -0.05) is 6.07 Å². The van der Waals surface area contributed by atoms with Crippen LogP contribution in [-0.4, -0.2) is 68.8 Å². The summed E-state index contributed by atoms with van der Waals surface area (Å²) in [6, 6.07) is 4.79. The molecule has 14 heteroatoms. The molecule has 44 heavy (non-hydrogen) atoms. The van der Waals surface area contributed by atoms with Crippen molar-refractivity contribution in [2.75, 3.05) is 25.0 Å². The number of hydrogen-bond acceptors (Lipinski definition) is 6. The second-order valence-electron chi connectivity index (χ2n) is 11.7. The largest absolute Gasteiger partial charge is 0.465 e. The minimum Gasteiger partial charge on any atom is -0.465 e. The van der Waals surface area contributed by atoms with E-state index in [1.165, 1.54) is 20.4 Å². The Balaban J connectivity index is 1.53. The Morgan fingerprint density at radius 2 is 1.84 bits per heavy atom. The number of ether oxygens (including phenoxy) is 1. The van der Waals surface area contributed by atoms with Gasteiger partial charge in [0.2, 0.25) is 0 Å². The van der Waals surface area contributed by atoms with Crippen molar-refractivity contribution in [3.63, 3.8) is 0 Å². The van der Waals surface area contributed by atoms with E-state index in [1.807, 2.05) is 6.07 Å². The second kappa shape index (κ2) is 10.4. The first-order chi connectivity index (χ1) is 20.8. The van der Waals surface area contributed by atoms with Crippen LogP contribution >= 0.6 is 11.3 Å². The number of carbonyl (C=O) groups excluding carboxylic acids is 2. The van der Waals surface area contributed by atoms with E-state index in [1.54, 1.807) is 20.8 Å². The summed E-state index contributed by atoms with van der Waals surface area (Å²) in [6.45, 7) is 5.42. The molecule has 4 heterocycles. The highest BCUT2D eigenvalue weighted by atomic mass is 32.1. The van der Waals surface area contributed by atoms with Gasteiger partial charge in [-0.3, -0.25) is 10.1 Å². The topological polar surface area (TPSA) is 128 Å². The van der Waals surface area contributed by atoms with Crippen LogP contribution in [0.3, 0.4) is 0 Å². The summed E-state index contributed by atoms with van der Waals surface area (Å²) in [6.07, 6.45) is -0.495. The maximum absolute atomic E-state index is 16.2. The number of benzene rings is 2. The Labute approximate surface area is 252 Å². The molecule has 2 N–H and O–H groups in total. The molecule has 2 aromatic heterocycles. The molecular formula is C30H26F3N5O5S. The van der Waals surface area contributed by atoms with E-state index in [2.05, 4.69) is 5.32 Å². The van der Waals surface area contributed by atoms with Gasteiger partial charge in [0.15, 0.2) is 0 Å². The summed E-state index contributed by atoms with van der Waals surface area (Å²) in [5.41, 5.74) is -1.21. The van der Waals surface area contributed by atoms with Gasteiger partial charge in [0, 0.05) is 48.7 Å². The van der Waals surface area contributed by atoms with Crippen molar-refractivity contribution in [1.82, 2.24) is 14.4 Å². The predicted molar refractivity (Wildman–Crippen MR) is 156 cm³/mol. The van der Waals surface area contributed by atoms with Gasteiger partial charge in [-0.25, -0.2) is 22.8 Å².